The highest BCUT2D eigenvalue weighted by atomic mass is 16.5. The number of rotatable bonds is 10. The second-order valence-electron chi connectivity index (χ2n) is 6.43. The van der Waals surface area contributed by atoms with Crippen molar-refractivity contribution in [2.75, 3.05) is 6.61 Å². The molecule has 150 valence electrons. The largest absolute Gasteiger partial charge is 0.494 e. The fourth-order valence-corrected chi connectivity index (χ4v) is 2.59. The molecule has 0 saturated carbocycles. The van der Waals surface area contributed by atoms with Crippen LogP contribution < -0.4 is 21.4 Å². The lowest BCUT2D eigenvalue weighted by atomic mass is 10.1. The van der Waals surface area contributed by atoms with E-state index in [1.165, 1.54) is 6.21 Å². The van der Waals surface area contributed by atoms with E-state index in [4.69, 9.17) is 4.74 Å². The number of nitrogens with zero attached hydrogens (tertiary/aromatic N) is 1. The summed E-state index contributed by atoms with van der Waals surface area (Å²) in [6, 6.07) is 7.43. The zero-order chi connectivity index (χ0) is 20.4. The van der Waals surface area contributed by atoms with E-state index in [9.17, 15) is 14.4 Å². The smallest absolute Gasteiger partial charge is 0.325 e. The molecule has 0 unspecified atom stereocenters. The van der Waals surface area contributed by atoms with E-state index < -0.39 is 11.2 Å². The molecule has 0 aliphatic rings. The van der Waals surface area contributed by atoms with Crippen LogP contribution in [-0.2, 0) is 11.2 Å². The lowest BCUT2D eigenvalue weighted by Gasteiger charge is -2.05. The molecule has 1 aromatic carbocycles. The number of amides is 1. The standard InChI is InChI=1S/C20H26N4O4/c1-3-4-5-12-28-16-8-6-15(7-9-16)13-21-24-18(25)11-10-17-14(2)22-20(27)23-19(17)26/h6-9,13H,3-5,10-12H2,1-2H3,(H,24,25)(H2,22,23,26,27)/b21-13+. The average molecular weight is 386 g/mol. The van der Waals surface area contributed by atoms with Crippen molar-refractivity contribution >= 4 is 12.1 Å². The molecule has 0 atom stereocenters. The number of carbonyl (C=O) groups excluding carboxylic acids is 1. The van der Waals surface area contributed by atoms with Gasteiger partial charge in [-0.05, 0) is 49.6 Å². The maximum absolute atomic E-state index is 11.9. The number of aromatic nitrogens is 2. The molecular formula is C20H26N4O4. The molecular weight excluding hydrogens is 360 g/mol. The van der Waals surface area contributed by atoms with E-state index in [0.29, 0.717) is 17.9 Å². The van der Waals surface area contributed by atoms with Gasteiger partial charge in [0.05, 0.1) is 12.8 Å². The quantitative estimate of drug-likeness (QED) is 0.329. The topological polar surface area (TPSA) is 116 Å². The Bertz CT molecular complexity index is 913. The van der Waals surface area contributed by atoms with Crippen molar-refractivity contribution < 1.29 is 9.53 Å². The lowest BCUT2D eigenvalue weighted by Crippen LogP contribution is -2.28. The van der Waals surface area contributed by atoms with Crippen LogP contribution >= 0.6 is 0 Å². The SMILES string of the molecule is CCCCCOc1ccc(/C=N/NC(=O)CCc2c(C)[nH]c(=O)[nH]c2=O)cc1. The number of hydrogen-bond donors (Lipinski definition) is 3. The van der Waals surface area contributed by atoms with E-state index in [0.717, 1.165) is 30.6 Å². The minimum atomic E-state index is -0.558. The number of hydrogen-bond acceptors (Lipinski definition) is 5. The Labute approximate surface area is 163 Å². The third-order valence-electron chi connectivity index (χ3n) is 4.16. The predicted octanol–water partition coefficient (Wildman–Crippen LogP) is 2.02. The first kappa shape index (κ1) is 21.1. The first-order valence-corrected chi connectivity index (χ1v) is 9.36. The molecule has 0 aliphatic heterocycles. The molecule has 0 saturated heterocycles. The maximum atomic E-state index is 11.9. The van der Waals surface area contributed by atoms with Crippen molar-refractivity contribution in [1.82, 2.24) is 15.4 Å². The number of aromatic amines is 2. The molecule has 0 fully saturated rings. The van der Waals surface area contributed by atoms with Crippen molar-refractivity contribution in [3.63, 3.8) is 0 Å². The van der Waals surface area contributed by atoms with Crippen molar-refractivity contribution in [3.8, 4) is 5.75 Å². The third kappa shape index (κ3) is 6.86. The van der Waals surface area contributed by atoms with Crippen molar-refractivity contribution in [1.29, 1.82) is 0 Å². The van der Waals surface area contributed by atoms with Crippen LogP contribution in [0.4, 0.5) is 0 Å². The molecule has 1 amide bonds. The number of carbonyl (C=O) groups is 1. The predicted molar refractivity (Wildman–Crippen MR) is 108 cm³/mol. The minimum absolute atomic E-state index is 0.0812. The molecule has 8 nitrogen and oxygen atoms in total. The van der Waals surface area contributed by atoms with Crippen molar-refractivity contribution in [3.05, 3.63) is 61.9 Å². The minimum Gasteiger partial charge on any atom is -0.494 e. The zero-order valence-electron chi connectivity index (χ0n) is 16.2. The Balaban J connectivity index is 1.78. The highest BCUT2D eigenvalue weighted by molar-refractivity contribution is 5.82. The number of H-pyrrole nitrogens is 2. The Hall–Kier alpha value is -3.16. The zero-order valence-corrected chi connectivity index (χ0v) is 16.2. The van der Waals surface area contributed by atoms with Gasteiger partial charge in [0, 0.05) is 17.7 Å². The Kier molecular flexibility index (Phi) is 8.20. The summed E-state index contributed by atoms with van der Waals surface area (Å²) in [5.41, 5.74) is 3.07. The number of aryl methyl sites for hydroxylation is 1. The third-order valence-corrected chi connectivity index (χ3v) is 4.16. The molecule has 0 aliphatic carbocycles. The van der Waals surface area contributed by atoms with Gasteiger partial charge >= 0.3 is 5.69 Å². The summed E-state index contributed by atoms with van der Waals surface area (Å²) in [6.07, 6.45) is 5.18. The molecule has 2 rings (SSSR count). The summed E-state index contributed by atoms with van der Waals surface area (Å²) < 4.78 is 5.64. The molecule has 0 radical (unpaired) electrons. The van der Waals surface area contributed by atoms with Crippen LogP contribution in [0.25, 0.3) is 0 Å². The van der Waals surface area contributed by atoms with Crippen LogP contribution in [0.2, 0.25) is 0 Å². The Morgan fingerprint density at radius 2 is 1.93 bits per heavy atom. The Morgan fingerprint density at radius 1 is 1.18 bits per heavy atom. The van der Waals surface area contributed by atoms with Crippen LogP contribution in [-0.4, -0.2) is 28.7 Å². The van der Waals surface area contributed by atoms with E-state index in [2.05, 4.69) is 27.4 Å². The summed E-state index contributed by atoms with van der Waals surface area (Å²) in [5, 5.41) is 3.92. The van der Waals surface area contributed by atoms with Gasteiger partial charge in [-0.3, -0.25) is 14.6 Å². The van der Waals surface area contributed by atoms with Crippen LogP contribution in [0.3, 0.4) is 0 Å². The molecule has 0 spiro atoms. The molecule has 0 bridgehead atoms. The monoisotopic (exact) mass is 386 g/mol. The number of unbranched alkanes of at least 4 members (excludes halogenated alkanes) is 2. The summed E-state index contributed by atoms with van der Waals surface area (Å²) in [4.78, 5) is 39.5. The number of benzene rings is 1. The molecule has 2 aromatic rings. The molecule has 3 N–H and O–H groups in total. The van der Waals surface area contributed by atoms with Crippen molar-refractivity contribution in [2.24, 2.45) is 5.10 Å². The van der Waals surface area contributed by atoms with E-state index in [-0.39, 0.29) is 18.7 Å². The normalized spacial score (nSPS) is 10.9. The highest BCUT2D eigenvalue weighted by Crippen LogP contribution is 2.12. The van der Waals surface area contributed by atoms with Crippen LogP contribution in [0.15, 0.2) is 39.0 Å². The lowest BCUT2D eigenvalue weighted by molar-refractivity contribution is -0.121. The van der Waals surface area contributed by atoms with Gasteiger partial charge in [0.25, 0.3) is 5.56 Å². The van der Waals surface area contributed by atoms with E-state index in [1.54, 1.807) is 6.92 Å². The van der Waals surface area contributed by atoms with Gasteiger partial charge in [0.1, 0.15) is 5.75 Å². The Morgan fingerprint density at radius 3 is 2.61 bits per heavy atom. The fraction of sp³-hybridized carbons (Fsp3) is 0.400. The molecule has 1 heterocycles. The summed E-state index contributed by atoms with van der Waals surface area (Å²) in [7, 11) is 0. The van der Waals surface area contributed by atoms with Gasteiger partial charge < -0.3 is 9.72 Å². The van der Waals surface area contributed by atoms with Gasteiger partial charge in [-0.1, -0.05) is 19.8 Å². The van der Waals surface area contributed by atoms with Gasteiger partial charge in [0.2, 0.25) is 5.91 Å². The maximum Gasteiger partial charge on any atom is 0.325 e. The van der Waals surface area contributed by atoms with Gasteiger partial charge in [0.15, 0.2) is 0 Å². The van der Waals surface area contributed by atoms with Crippen LogP contribution in [0.1, 0.15) is 49.4 Å². The van der Waals surface area contributed by atoms with Crippen LogP contribution in [0.5, 0.6) is 5.75 Å². The summed E-state index contributed by atoms with van der Waals surface area (Å²) >= 11 is 0. The summed E-state index contributed by atoms with van der Waals surface area (Å²) in [5.74, 6) is 0.482. The van der Waals surface area contributed by atoms with Crippen LogP contribution in [0, 0.1) is 6.92 Å². The fourth-order valence-electron chi connectivity index (χ4n) is 2.59. The number of hydrazone groups is 1. The first-order valence-electron chi connectivity index (χ1n) is 9.36. The van der Waals surface area contributed by atoms with Gasteiger partial charge in [-0.2, -0.15) is 5.10 Å². The van der Waals surface area contributed by atoms with Gasteiger partial charge in [-0.15, -0.1) is 0 Å². The number of ether oxygens (including phenoxy) is 1. The number of nitrogens with one attached hydrogen (secondary N) is 3. The second-order valence-corrected chi connectivity index (χ2v) is 6.43. The summed E-state index contributed by atoms with van der Waals surface area (Å²) in [6.45, 7) is 4.48. The van der Waals surface area contributed by atoms with E-state index >= 15 is 0 Å². The first-order chi connectivity index (χ1) is 13.5. The second kappa shape index (κ2) is 10.9. The average Bonchev–Trinajstić information content (AvgIpc) is 2.65. The molecule has 1 aromatic heterocycles. The molecule has 28 heavy (non-hydrogen) atoms. The van der Waals surface area contributed by atoms with Gasteiger partial charge in [-0.25, -0.2) is 10.2 Å². The van der Waals surface area contributed by atoms with Crippen molar-refractivity contribution in [2.45, 2.75) is 46.0 Å². The van der Waals surface area contributed by atoms with E-state index in [1.807, 2.05) is 24.3 Å². The molecule has 8 heteroatoms. The highest BCUT2D eigenvalue weighted by Gasteiger charge is 2.08.